The quantitative estimate of drug-likeness (QED) is 0.319. The van der Waals surface area contributed by atoms with Gasteiger partial charge in [-0.15, -0.1) is 0 Å². The van der Waals surface area contributed by atoms with Crippen LogP contribution >= 0.6 is 11.8 Å². The van der Waals surface area contributed by atoms with Crippen LogP contribution < -0.4 is 10.1 Å². The second-order valence-electron chi connectivity index (χ2n) is 6.11. The number of amides is 2. The van der Waals surface area contributed by atoms with E-state index in [4.69, 9.17) is 4.74 Å². The van der Waals surface area contributed by atoms with Crippen LogP contribution in [0.4, 0.5) is 16.2 Å². The molecule has 2 aromatic rings. The van der Waals surface area contributed by atoms with E-state index in [-0.39, 0.29) is 22.9 Å². The summed E-state index contributed by atoms with van der Waals surface area (Å²) in [6.07, 6.45) is 0.0948. The number of anilines is 1. The summed E-state index contributed by atoms with van der Waals surface area (Å²) in [4.78, 5) is 47.5. The van der Waals surface area contributed by atoms with Crippen LogP contribution in [-0.4, -0.2) is 45.8 Å². The Labute approximate surface area is 170 Å². The molecule has 0 radical (unpaired) electrons. The predicted molar refractivity (Wildman–Crippen MR) is 107 cm³/mol. The second-order valence-corrected chi connectivity index (χ2v) is 7.16. The minimum atomic E-state index is -0.571. The van der Waals surface area contributed by atoms with Gasteiger partial charge in [-0.2, -0.15) is 0 Å². The van der Waals surface area contributed by atoms with Crippen LogP contribution in [0, 0.1) is 10.1 Å². The molecule has 1 aliphatic rings. The number of thioether (sulfide) groups is 1. The SMILES string of the molecule is O=C(CCN1CCSC1=O)Oc1ccc(NC(=O)c2cccc([N+](=O)[O-])c2)cc1. The maximum atomic E-state index is 12.2. The second kappa shape index (κ2) is 9.20. The number of nitro benzene ring substituents is 1. The third kappa shape index (κ3) is 5.55. The van der Waals surface area contributed by atoms with Gasteiger partial charge < -0.3 is 15.0 Å². The lowest BCUT2D eigenvalue weighted by atomic mass is 10.2. The number of hydrogen-bond acceptors (Lipinski definition) is 7. The standard InChI is InChI=1S/C19H17N3O6S/c23-17(8-9-21-10-11-29-19(21)25)28-16-6-4-14(5-7-16)20-18(24)13-2-1-3-15(12-13)22(26)27/h1-7,12H,8-11H2,(H,20,24). The topological polar surface area (TPSA) is 119 Å². The molecule has 3 rings (SSSR count). The van der Waals surface area contributed by atoms with Crippen LogP contribution in [-0.2, 0) is 4.79 Å². The van der Waals surface area contributed by atoms with Gasteiger partial charge in [-0.25, -0.2) is 0 Å². The Bertz CT molecular complexity index is 947. The number of non-ortho nitro benzene ring substituents is 1. The fourth-order valence-corrected chi connectivity index (χ4v) is 3.46. The monoisotopic (exact) mass is 415 g/mol. The molecule has 0 spiro atoms. The molecule has 2 aromatic carbocycles. The third-order valence-corrected chi connectivity index (χ3v) is 4.99. The number of carbonyl (C=O) groups excluding carboxylic acids is 3. The van der Waals surface area contributed by atoms with Gasteiger partial charge in [0.05, 0.1) is 11.3 Å². The van der Waals surface area contributed by atoms with E-state index in [2.05, 4.69) is 5.32 Å². The lowest BCUT2D eigenvalue weighted by molar-refractivity contribution is -0.384. The molecular weight excluding hydrogens is 398 g/mol. The molecule has 29 heavy (non-hydrogen) atoms. The van der Waals surface area contributed by atoms with Gasteiger partial charge in [0, 0.05) is 42.2 Å². The summed E-state index contributed by atoms with van der Waals surface area (Å²) in [6.45, 7) is 0.956. The van der Waals surface area contributed by atoms with Crippen molar-refractivity contribution in [2.24, 2.45) is 0 Å². The molecule has 1 saturated heterocycles. The summed E-state index contributed by atoms with van der Waals surface area (Å²) in [7, 11) is 0. The van der Waals surface area contributed by atoms with Crippen LogP contribution in [0.2, 0.25) is 0 Å². The lowest BCUT2D eigenvalue weighted by Gasteiger charge is -2.13. The molecule has 0 bridgehead atoms. The Morgan fingerprint density at radius 3 is 2.62 bits per heavy atom. The molecular formula is C19H17N3O6S. The van der Waals surface area contributed by atoms with E-state index in [1.165, 1.54) is 48.2 Å². The molecule has 1 fully saturated rings. The highest BCUT2D eigenvalue weighted by Crippen LogP contribution is 2.20. The van der Waals surface area contributed by atoms with Crippen molar-refractivity contribution in [3.63, 3.8) is 0 Å². The van der Waals surface area contributed by atoms with Gasteiger partial charge in [-0.3, -0.25) is 24.5 Å². The molecule has 1 heterocycles. The van der Waals surface area contributed by atoms with Crippen molar-refractivity contribution in [2.45, 2.75) is 6.42 Å². The maximum Gasteiger partial charge on any atom is 0.312 e. The number of hydrogen-bond donors (Lipinski definition) is 1. The van der Waals surface area contributed by atoms with Gasteiger partial charge in [0.25, 0.3) is 16.8 Å². The van der Waals surface area contributed by atoms with Crippen molar-refractivity contribution >= 4 is 40.3 Å². The third-order valence-electron chi connectivity index (χ3n) is 4.09. The molecule has 0 aromatic heterocycles. The molecule has 1 aliphatic heterocycles. The molecule has 10 heteroatoms. The van der Waals surface area contributed by atoms with E-state index in [0.717, 1.165) is 5.75 Å². The molecule has 150 valence electrons. The van der Waals surface area contributed by atoms with Crippen LogP contribution in [0.5, 0.6) is 5.75 Å². The summed E-state index contributed by atoms with van der Waals surface area (Å²) < 4.78 is 5.22. The largest absolute Gasteiger partial charge is 0.426 e. The fraction of sp³-hybridized carbons (Fsp3) is 0.211. The normalized spacial score (nSPS) is 13.2. The van der Waals surface area contributed by atoms with Crippen molar-refractivity contribution in [1.82, 2.24) is 4.90 Å². The number of rotatable bonds is 7. The number of nitrogens with one attached hydrogen (secondary N) is 1. The van der Waals surface area contributed by atoms with Crippen molar-refractivity contribution < 1.29 is 24.0 Å². The van der Waals surface area contributed by atoms with Gasteiger partial charge in [-0.1, -0.05) is 17.8 Å². The summed E-state index contributed by atoms with van der Waals surface area (Å²) >= 11 is 1.23. The van der Waals surface area contributed by atoms with Gasteiger partial charge in [0.15, 0.2) is 0 Å². The Kier molecular flexibility index (Phi) is 6.45. The molecule has 0 aliphatic carbocycles. The molecule has 9 nitrogen and oxygen atoms in total. The predicted octanol–water partition coefficient (Wildman–Crippen LogP) is 3.31. The average Bonchev–Trinajstić information content (AvgIpc) is 3.12. The molecule has 1 N–H and O–H groups in total. The summed E-state index contributed by atoms with van der Waals surface area (Å²) in [6, 6.07) is 11.6. The van der Waals surface area contributed by atoms with E-state index in [1.807, 2.05) is 0 Å². The van der Waals surface area contributed by atoms with Crippen molar-refractivity contribution in [1.29, 1.82) is 0 Å². The molecule has 2 amide bonds. The zero-order valence-electron chi connectivity index (χ0n) is 15.2. The van der Waals surface area contributed by atoms with Crippen LogP contribution in [0.25, 0.3) is 0 Å². The number of nitrogens with zero attached hydrogens (tertiary/aromatic N) is 2. The van der Waals surface area contributed by atoms with Crippen LogP contribution in [0.3, 0.4) is 0 Å². The first-order valence-corrected chi connectivity index (χ1v) is 9.69. The molecule has 0 atom stereocenters. The number of ether oxygens (including phenoxy) is 1. The zero-order chi connectivity index (χ0) is 20.8. The Hall–Kier alpha value is -3.40. The Morgan fingerprint density at radius 2 is 1.97 bits per heavy atom. The number of nitro groups is 1. The van der Waals surface area contributed by atoms with Crippen molar-refractivity contribution in [3.8, 4) is 5.75 Å². The first kappa shape index (κ1) is 20.3. The number of esters is 1. The number of carbonyl (C=O) groups is 3. The zero-order valence-corrected chi connectivity index (χ0v) is 16.0. The summed E-state index contributed by atoms with van der Waals surface area (Å²) in [5, 5.41) is 13.4. The summed E-state index contributed by atoms with van der Waals surface area (Å²) in [5.74, 6) is 0.0948. The minimum absolute atomic E-state index is 0.0263. The van der Waals surface area contributed by atoms with E-state index in [9.17, 15) is 24.5 Å². The van der Waals surface area contributed by atoms with Crippen LogP contribution in [0.1, 0.15) is 16.8 Å². The molecule has 0 unspecified atom stereocenters. The highest BCUT2D eigenvalue weighted by molar-refractivity contribution is 8.13. The fourth-order valence-electron chi connectivity index (χ4n) is 2.61. The number of benzene rings is 2. The van der Waals surface area contributed by atoms with Crippen molar-refractivity contribution in [3.05, 3.63) is 64.2 Å². The highest BCUT2D eigenvalue weighted by atomic mass is 32.2. The van der Waals surface area contributed by atoms with Gasteiger partial charge in [0.2, 0.25) is 0 Å². The van der Waals surface area contributed by atoms with E-state index >= 15 is 0 Å². The van der Waals surface area contributed by atoms with E-state index in [1.54, 1.807) is 17.0 Å². The average molecular weight is 415 g/mol. The minimum Gasteiger partial charge on any atom is -0.426 e. The van der Waals surface area contributed by atoms with Gasteiger partial charge >= 0.3 is 5.97 Å². The first-order chi connectivity index (χ1) is 13.9. The van der Waals surface area contributed by atoms with E-state index < -0.39 is 16.8 Å². The van der Waals surface area contributed by atoms with E-state index in [0.29, 0.717) is 24.5 Å². The maximum absolute atomic E-state index is 12.2. The molecule has 0 saturated carbocycles. The Balaban J connectivity index is 1.52. The smallest absolute Gasteiger partial charge is 0.312 e. The first-order valence-electron chi connectivity index (χ1n) is 8.70. The lowest BCUT2D eigenvalue weighted by Crippen LogP contribution is -2.27. The summed E-state index contributed by atoms with van der Waals surface area (Å²) in [5.41, 5.74) is 0.430. The van der Waals surface area contributed by atoms with Crippen molar-refractivity contribution in [2.75, 3.05) is 24.2 Å². The van der Waals surface area contributed by atoms with Gasteiger partial charge in [0.1, 0.15) is 5.75 Å². The van der Waals surface area contributed by atoms with Gasteiger partial charge in [-0.05, 0) is 30.3 Å². The Morgan fingerprint density at radius 1 is 1.21 bits per heavy atom. The highest BCUT2D eigenvalue weighted by Gasteiger charge is 2.21. The van der Waals surface area contributed by atoms with Crippen LogP contribution in [0.15, 0.2) is 48.5 Å².